The molecule has 0 amide bonds. The van der Waals surface area contributed by atoms with Gasteiger partial charge in [-0.15, -0.1) is 0 Å². The predicted octanol–water partition coefficient (Wildman–Crippen LogP) is 0.900. The summed E-state index contributed by atoms with van der Waals surface area (Å²) < 4.78 is 55.4. The number of halogens is 4. The standard InChI is InChI=1S/C7H5BF4O3/c1-2-3(9)5(11)7(15-8(13)14)6(12)4(2)10/h13-14H,1H3. The number of hydrogen-bond acceptors (Lipinski definition) is 3. The third kappa shape index (κ3) is 2.05. The third-order valence-corrected chi connectivity index (χ3v) is 1.67. The molecule has 0 saturated carbocycles. The van der Waals surface area contributed by atoms with Gasteiger partial charge >= 0.3 is 7.32 Å². The van der Waals surface area contributed by atoms with Crippen molar-refractivity contribution in [3.8, 4) is 5.75 Å². The summed E-state index contributed by atoms with van der Waals surface area (Å²) in [6, 6.07) is 0. The first-order valence-electron chi connectivity index (χ1n) is 3.71. The molecule has 0 aromatic heterocycles. The summed E-state index contributed by atoms with van der Waals surface area (Å²) in [5.41, 5.74) is -0.857. The van der Waals surface area contributed by atoms with Crippen LogP contribution in [0.2, 0.25) is 0 Å². The van der Waals surface area contributed by atoms with Crippen LogP contribution in [0.3, 0.4) is 0 Å². The molecule has 1 aromatic rings. The Morgan fingerprint density at radius 1 is 0.933 bits per heavy atom. The summed E-state index contributed by atoms with van der Waals surface area (Å²) in [6.07, 6.45) is 0. The first-order valence-corrected chi connectivity index (χ1v) is 3.71. The summed E-state index contributed by atoms with van der Waals surface area (Å²) in [7, 11) is -2.57. The van der Waals surface area contributed by atoms with Gasteiger partial charge in [-0.25, -0.2) is 8.78 Å². The molecule has 0 unspecified atom stereocenters. The lowest BCUT2D eigenvalue weighted by molar-refractivity contribution is 0.267. The first-order chi connectivity index (χ1) is 6.86. The monoisotopic (exact) mass is 224 g/mol. The van der Waals surface area contributed by atoms with E-state index >= 15 is 0 Å². The Balaban J connectivity index is 3.39. The van der Waals surface area contributed by atoms with E-state index in [2.05, 4.69) is 4.65 Å². The highest BCUT2D eigenvalue weighted by Gasteiger charge is 2.27. The first kappa shape index (κ1) is 11.8. The lowest BCUT2D eigenvalue weighted by Crippen LogP contribution is -2.23. The summed E-state index contributed by atoms with van der Waals surface area (Å²) >= 11 is 0. The highest BCUT2D eigenvalue weighted by Crippen LogP contribution is 2.29. The molecule has 82 valence electrons. The van der Waals surface area contributed by atoms with Gasteiger partial charge in [-0.05, 0) is 6.92 Å². The van der Waals surface area contributed by atoms with Gasteiger partial charge in [0.05, 0.1) is 0 Å². The molecule has 0 spiro atoms. The van der Waals surface area contributed by atoms with E-state index in [0.717, 1.165) is 6.92 Å². The maximum Gasteiger partial charge on any atom is 0.707 e. The highest BCUT2D eigenvalue weighted by molar-refractivity contribution is 6.33. The molecule has 15 heavy (non-hydrogen) atoms. The van der Waals surface area contributed by atoms with Gasteiger partial charge in [-0.3, -0.25) is 0 Å². The fourth-order valence-corrected chi connectivity index (χ4v) is 0.930. The second-order valence-corrected chi connectivity index (χ2v) is 2.65. The Kier molecular flexibility index (Phi) is 3.20. The van der Waals surface area contributed by atoms with Gasteiger partial charge in [0, 0.05) is 5.56 Å². The molecule has 0 aliphatic carbocycles. The van der Waals surface area contributed by atoms with Crippen LogP contribution in [0.1, 0.15) is 5.56 Å². The molecule has 0 saturated heterocycles. The van der Waals surface area contributed by atoms with Crippen molar-refractivity contribution in [2.75, 3.05) is 0 Å². The van der Waals surface area contributed by atoms with Gasteiger partial charge < -0.3 is 14.7 Å². The van der Waals surface area contributed by atoms with Crippen LogP contribution < -0.4 is 4.65 Å². The van der Waals surface area contributed by atoms with Gasteiger partial charge in [-0.2, -0.15) is 8.78 Å². The zero-order chi connectivity index (χ0) is 11.7. The van der Waals surface area contributed by atoms with E-state index in [1.54, 1.807) is 0 Å². The third-order valence-electron chi connectivity index (χ3n) is 1.67. The fraction of sp³-hybridized carbons (Fsp3) is 0.143. The van der Waals surface area contributed by atoms with Crippen LogP contribution >= 0.6 is 0 Å². The Morgan fingerprint density at radius 3 is 1.67 bits per heavy atom. The topological polar surface area (TPSA) is 49.7 Å². The lowest BCUT2D eigenvalue weighted by atomic mass is 10.1. The van der Waals surface area contributed by atoms with Crippen molar-refractivity contribution in [3.63, 3.8) is 0 Å². The van der Waals surface area contributed by atoms with Crippen molar-refractivity contribution >= 4 is 7.32 Å². The molecular formula is C7H5BF4O3. The molecule has 0 radical (unpaired) electrons. The number of hydrogen-bond donors (Lipinski definition) is 2. The maximum absolute atomic E-state index is 12.9. The van der Waals surface area contributed by atoms with E-state index in [9.17, 15) is 17.6 Å². The molecule has 1 aromatic carbocycles. The smallest absolute Gasteiger partial charge is 0.507 e. The van der Waals surface area contributed by atoms with Crippen molar-refractivity contribution in [2.24, 2.45) is 0 Å². The molecule has 8 heteroatoms. The van der Waals surface area contributed by atoms with Crippen LogP contribution in [0, 0.1) is 30.2 Å². The summed E-state index contributed by atoms with van der Waals surface area (Å²) in [5.74, 6) is -8.45. The highest BCUT2D eigenvalue weighted by atomic mass is 19.2. The second-order valence-electron chi connectivity index (χ2n) is 2.65. The van der Waals surface area contributed by atoms with Crippen LogP contribution in [-0.2, 0) is 0 Å². The van der Waals surface area contributed by atoms with Gasteiger partial charge in [0.1, 0.15) is 0 Å². The number of benzene rings is 1. The average Bonchev–Trinajstić information content (AvgIpc) is 2.18. The van der Waals surface area contributed by atoms with Crippen molar-refractivity contribution < 1.29 is 32.3 Å². The van der Waals surface area contributed by atoms with Crippen molar-refractivity contribution in [3.05, 3.63) is 28.8 Å². The van der Waals surface area contributed by atoms with Crippen molar-refractivity contribution in [1.82, 2.24) is 0 Å². The normalized spacial score (nSPS) is 10.3. The fourth-order valence-electron chi connectivity index (χ4n) is 0.930. The molecular weight excluding hydrogens is 219 g/mol. The van der Waals surface area contributed by atoms with E-state index in [1.807, 2.05) is 0 Å². The minimum atomic E-state index is -2.57. The molecule has 0 atom stereocenters. The van der Waals surface area contributed by atoms with E-state index in [-0.39, 0.29) is 0 Å². The second kappa shape index (κ2) is 4.07. The molecule has 2 N–H and O–H groups in total. The number of rotatable bonds is 2. The zero-order valence-electron chi connectivity index (χ0n) is 7.39. The molecule has 0 heterocycles. The molecule has 3 nitrogen and oxygen atoms in total. The van der Waals surface area contributed by atoms with Crippen molar-refractivity contribution in [2.45, 2.75) is 6.92 Å². The summed E-state index contributed by atoms with van der Waals surface area (Å²) in [5, 5.41) is 16.5. The van der Waals surface area contributed by atoms with Gasteiger partial charge in [0.2, 0.25) is 11.6 Å². The van der Waals surface area contributed by atoms with E-state index in [1.165, 1.54) is 0 Å². The van der Waals surface area contributed by atoms with Gasteiger partial charge in [0.15, 0.2) is 17.4 Å². The zero-order valence-corrected chi connectivity index (χ0v) is 7.39. The van der Waals surface area contributed by atoms with E-state index in [4.69, 9.17) is 10.0 Å². The van der Waals surface area contributed by atoms with Crippen molar-refractivity contribution in [1.29, 1.82) is 0 Å². The van der Waals surface area contributed by atoms with E-state index < -0.39 is 41.9 Å². The Hall–Kier alpha value is -1.28. The average molecular weight is 224 g/mol. The Bertz CT molecular complexity index is 367. The molecule has 1 rings (SSSR count). The molecule has 0 fully saturated rings. The minimum absolute atomic E-state index is 0.829. The molecule has 0 bridgehead atoms. The summed E-state index contributed by atoms with van der Waals surface area (Å²) in [4.78, 5) is 0. The Labute approximate surface area is 82.1 Å². The summed E-state index contributed by atoms with van der Waals surface area (Å²) in [6.45, 7) is 0.829. The Morgan fingerprint density at radius 2 is 1.33 bits per heavy atom. The quantitative estimate of drug-likeness (QED) is 0.445. The largest absolute Gasteiger partial charge is 0.707 e. The van der Waals surface area contributed by atoms with E-state index in [0.29, 0.717) is 0 Å². The minimum Gasteiger partial charge on any atom is -0.507 e. The van der Waals surface area contributed by atoms with Crippen LogP contribution in [0.25, 0.3) is 0 Å². The molecule has 0 aliphatic rings. The van der Waals surface area contributed by atoms with Crippen LogP contribution in [-0.4, -0.2) is 17.4 Å². The van der Waals surface area contributed by atoms with Gasteiger partial charge in [0.25, 0.3) is 0 Å². The van der Waals surface area contributed by atoms with Crippen LogP contribution in [0.15, 0.2) is 0 Å². The predicted molar refractivity (Wildman–Crippen MR) is 41.8 cm³/mol. The van der Waals surface area contributed by atoms with Gasteiger partial charge in [-0.1, -0.05) is 0 Å². The van der Waals surface area contributed by atoms with Crippen LogP contribution in [0.4, 0.5) is 17.6 Å². The maximum atomic E-state index is 12.9. The SMILES string of the molecule is Cc1c(F)c(F)c(OB(O)O)c(F)c1F. The van der Waals surface area contributed by atoms with Crippen LogP contribution in [0.5, 0.6) is 5.75 Å². The molecule has 0 aliphatic heterocycles. The lowest BCUT2D eigenvalue weighted by Gasteiger charge is -2.10.